The van der Waals surface area contributed by atoms with E-state index in [1.807, 2.05) is 20.9 Å². The van der Waals surface area contributed by atoms with Crippen LogP contribution < -0.4 is 16.0 Å². The molecule has 0 aliphatic carbocycles. The summed E-state index contributed by atoms with van der Waals surface area (Å²) >= 11 is 0. The van der Waals surface area contributed by atoms with Crippen molar-refractivity contribution in [1.82, 2.24) is 16.0 Å². The quantitative estimate of drug-likeness (QED) is 0.537. The normalized spacial score (nSPS) is 12.3. The van der Waals surface area contributed by atoms with Crippen LogP contribution in [0.1, 0.15) is 13.8 Å². The SMILES string of the molecule is CCNC(=O)NCC(C)NC. The fourth-order valence-corrected chi connectivity index (χ4v) is 0.571. The van der Waals surface area contributed by atoms with Gasteiger partial charge in [-0.25, -0.2) is 4.79 Å². The Morgan fingerprint density at radius 3 is 2.55 bits per heavy atom. The van der Waals surface area contributed by atoms with E-state index in [4.69, 9.17) is 0 Å². The van der Waals surface area contributed by atoms with Crippen LogP contribution in [-0.2, 0) is 0 Å². The number of carbonyl (C=O) groups excluding carboxylic acids is 1. The summed E-state index contributed by atoms with van der Waals surface area (Å²) in [4.78, 5) is 10.8. The standard InChI is InChI=1S/C7H17N3O/c1-4-9-7(11)10-5-6(2)8-3/h6,8H,4-5H2,1-3H3,(H2,9,10,11). The predicted molar refractivity (Wildman–Crippen MR) is 45.6 cm³/mol. The molecular weight excluding hydrogens is 142 g/mol. The van der Waals surface area contributed by atoms with Gasteiger partial charge >= 0.3 is 6.03 Å². The molecule has 0 fully saturated rings. The highest BCUT2D eigenvalue weighted by atomic mass is 16.2. The molecule has 0 bridgehead atoms. The fraction of sp³-hybridized carbons (Fsp3) is 0.857. The fourth-order valence-electron chi connectivity index (χ4n) is 0.571. The maximum atomic E-state index is 10.8. The van der Waals surface area contributed by atoms with Gasteiger partial charge in [-0.3, -0.25) is 0 Å². The summed E-state index contributed by atoms with van der Waals surface area (Å²) in [7, 11) is 1.87. The molecule has 0 radical (unpaired) electrons. The van der Waals surface area contributed by atoms with Crippen LogP contribution in [0.4, 0.5) is 4.79 Å². The van der Waals surface area contributed by atoms with E-state index in [1.54, 1.807) is 0 Å². The highest BCUT2D eigenvalue weighted by Gasteiger charge is 2.00. The van der Waals surface area contributed by atoms with Crippen molar-refractivity contribution in [3.8, 4) is 0 Å². The smallest absolute Gasteiger partial charge is 0.314 e. The van der Waals surface area contributed by atoms with Gasteiger partial charge in [0.1, 0.15) is 0 Å². The number of rotatable bonds is 4. The molecule has 3 N–H and O–H groups in total. The monoisotopic (exact) mass is 159 g/mol. The first-order valence-electron chi connectivity index (χ1n) is 3.89. The van der Waals surface area contributed by atoms with Crippen molar-refractivity contribution in [3.05, 3.63) is 0 Å². The van der Waals surface area contributed by atoms with Crippen LogP contribution in [0.2, 0.25) is 0 Å². The van der Waals surface area contributed by atoms with Crippen molar-refractivity contribution in [2.24, 2.45) is 0 Å². The Kier molecular flexibility index (Phi) is 5.56. The first kappa shape index (κ1) is 10.2. The number of urea groups is 1. The molecule has 0 heterocycles. The maximum Gasteiger partial charge on any atom is 0.314 e. The molecule has 0 rings (SSSR count). The van der Waals surface area contributed by atoms with Crippen molar-refractivity contribution in [2.45, 2.75) is 19.9 Å². The first-order chi connectivity index (χ1) is 5.20. The second-order valence-electron chi connectivity index (χ2n) is 2.43. The van der Waals surface area contributed by atoms with Gasteiger partial charge in [0, 0.05) is 19.1 Å². The predicted octanol–water partition coefficient (Wildman–Crippen LogP) is -0.0866. The van der Waals surface area contributed by atoms with Crippen LogP contribution in [0.25, 0.3) is 0 Å². The summed E-state index contributed by atoms with van der Waals surface area (Å²) in [5.41, 5.74) is 0. The highest BCUT2D eigenvalue weighted by Crippen LogP contribution is 1.74. The van der Waals surface area contributed by atoms with Gasteiger partial charge < -0.3 is 16.0 Å². The van der Waals surface area contributed by atoms with Gasteiger partial charge in [-0.05, 0) is 20.9 Å². The van der Waals surface area contributed by atoms with E-state index in [9.17, 15) is 4.79 Å². The third-order valence-corrected chi connectivity index (χ3v) is 1.40. The minimum Gasteiger partial charge on any atom is -0.338 e. The second kappa shape index (κ2) is 5.97. The zero-order valence-corrected chi connectivity index (χ0v) is 7.40. The minimum absolute atomic E-state index is 0.102. The molecule has 0 saturated heterocycles. The minimum atomic E-state index is -0.102. The van der Waals surface area contributed by atoms with E-state index in [-0.39, 0.29) is 6.03 Å². The van der Waals surface area contributed by atoms with E-state index >= 15 is 0 Å². The molecule has 11 heavy (non-hydrogen) atoms. The number of amides is 2. The molecule has 0 saturated carbocycles. The number of carbonyl (C=O) groups is 1. The molecule has 1 unspecified atom stereocenters. The summed E-state index contributed by atoms with van der Waals surface area (Å²) in [6, 6.07) is 0.215. The molecule has 66 valence electrons. The van der Waals surface area contributed by atoms with E-state index in [0.717, 1.165) is 0 Å². The largest absolute Gasteiger partial charge is 0.338 e. The molecule has 0 spiro atoms. The summed E-state index contributed by atoms with van der Waals surface area (Å²) in [6.45, 7) is 5.22. The van der Waals surface area contributed by atoms with Crippen molar-refractivity contribution in [1.29, 1.82) is 0 Å². The number of hydrogen-bond donors (Lipinski definition) is 3. The van der Waals surface area contributed by atoms with Crippen LogP contribution in [0.5, 0.6) is 0 Å². The highest BCUT2D eigenvalue weighted by molar-refractivity contribution is 5.73. The number of nitrogens with one attached hydrogen (secondary N) is 3. The zero-order valence-electron chi connectivity index (χ0n) is 7.40. The van der Waals surface area contributed by atoms with E-state index in [1.165, 1.54) is 0 Å². The van der Waals surface area contributed by atoms with Crippen LogP contribution in [0.15, 0.2) is 0 Å². The van der Waals surface area contributed by atoms with Crippen LogP contribution in [-0.4, -0.2) is 32.2 Å². The van der Waals surface area contributed by atoms with E-state index < -0.39 is 0 Å². The van der Waals surface area contributed by atoms with E-state index in [2.05, 4.69) is 16.0 Å². The van der Waals surface area contributed by atoms with Crippen LogP contribution >= 0.6 is 0 Å². The average Bonchev–Trinajstić information content (AvgIpc) is 2.01. The van der Waals surface area contributed by atoms with Crippen molar-refractivity contribution in [2.75, 3.05) is 20.1 Å². The van der Waals surface area contributed by atoms with Gasteiger partial charge in [0.05, 0.1) is 0 Å². The van der Waals surface area contributed by atoms with Gasteiger partial charge in [-0.15, -0.1) is 0 Å². The molecule has 0 aliphatic heterocycles. The Hall–Kier alpha value is -0.770. The maximum absolute atomic E-state index is 10.8. The second-order valence-corrected chi connectivity index (χ2v) is 2.43. The van der Waals surface area contributed by atoms with Crippen LogP contribution in [0, 0.1) is 0 Å². The van der Waals surface area contributed by atoms with Crippen molar-refractivity contribution in [3.63, 3.8) is 0 Å². The molecule has 1 atom stereocenters. The topological polar surface area (TPSA) is 53.2 Å². The molecule has 0 aromatic carbocycles. The lowest BCUT2D eigenvalue weighted by Crippen LogP contribution is -2.42. The Labute approximate surface area is 67.7 Å². The van der Waals surface area contributed by atoms with Gasteiger partial charge in [-0.2, -0.15) is 0 Å². The lowest BCUT2D eigenvalue weighted by molar-refractivity contribution is 0.240. The summed E-state index contributed by atoms with van der Waals surface area (Å²) in [6.07, 6.45) is 0. The lowest BCUT2D eigenvalue weighted by Gasteiger charge is -2.11. The first-order valence-corrected chi connectivity index (χ1v) is 3.89. The zero-order chi connectivity index (χ0) is 8.69. The molecule has 4 nitrogen and oxygen atoms in total. The summed E-state index contributed by atoms with van der Waals surface area (Å²) < 4.78 is 0. The van der Waals surface area contributed by atoms with Gasteiger partial charge in [0.25, 0.3) is 0 Å². The molecule has 0 aromatic rings. The van der Waals surface area contributed by atoms with Crippen LogP contribution in [0.3, 0.4) is 0 Å². The molecule has 2 amide bonds. The Morgan fingerprint density at radius 2 is 2.09 bits per heavy atom. The van der Waals surface area contributed by atoms with E-state index in [0.29, 0.717) is 19.1 Å². The molecular formula is C7H17N3O. The average molecular weight is 159 g/mol. The third kappa shape index (κ3) is 5.66. The van der Waals surface area contributed by atoms with Gasteiger partial charge in [0.2, 0.25) is 0 Å². The lowest BCUT2D eigenvalue weighted by atomic mass is 10.3. The number of likely N-dealkylation sites (N-methyl/N-ethyl adjacent to an activating group) is 1. The Balaban J connectivity index is 3.30. The molecule has 0 aromatic heterocycles. The van der Waals surface area contributed by atoms with Gasteiger partial charge in [-0.1, -0.05) is 0 Å². The van der Waals surface area contributed by atoms with Crippen molar-refractivity contribution >= 4 is 6.03 Å². The summed E-state index contributed by atoms with van der Waals surface area (Å²) in [5, 5.41) is 8.39. The Morgan fingerprint density at radius 1 is 1.45 bits per heavy atom. The Bertz CT molecular complexity index is 116. The third-order valence-electron chi connectivity index (χ3n) is 1.40. The van der Waals surface area contributed by atoms with Crippen molar-refractivity contribution < 1.29 is 4.79 Å². The summed E-state index contributed by atoms with van der Waals surface area (Å²) in [5.74, 6) is 0. The molecule has 0 aliphatic rings. The number of hydrogen-bond acceptors (Lipinski definition) is 2. The van der Waals surface area contributed by atoms with Gasteiger partial charge in [0.15, 0.2) is 0 Å². The molecule has 4 heteroatoms.